The van der Waals surface area contributed by atoms with E-state index >= 15 is 0 Å². The molecular formula is C19H22N2O6S. The van der Waals surface area contributed by atoms with Crippen molar-refractivity contribution in [2.45, 2.75) is 11.4 Å². The van der Waals surface area contributed by atoms with Crippen LogP contribution in [0.25, 0.3) is 0 Å². The average Bonchev–Trinajstić information content (AvgIpc) is 2.70. The molecule has 8 nitrogen and oxygen atoms in total. The van der Waals surface area contributed by atoms with Gasteiger partial charge in [-0.15, -0.1) is 0 Å². The molecule has 0 spiro atoms. The van der Waals surface area contributed by atoms with Crippen molar-refractivity contribution in [3.8, 4) is 5.75 Å². The van der Waals surface area contributed by atoms with E-state index < -0.39 is 28.5 Å². The number of hydrogen-bond acceptors (Lipinski definition) is 6. The summed E-state index contributed by atoms with van der Waals surface area (Å²) >= 11 is 0. The molecule has 0 heterocycles. The van der Waals surface area contributed by atoms with Crippen LogP contribution in [0.4, 0.5) is 0 Å². The van der Waals surface area contributed by atoms with Crippen LogP contribution >= 0.6 is 0 Å². The van der Waals surface area contributed by atoms with Gasteiger partial charge in [-0.25, -0.2) is 17.5 Å². The van der Waals surface area contributed by atoms with Gasteiger partial charge < -0.3 is 14.8 Å². The summed E-state index contributed by atoms with van der Waals surface area (Å²) in [6.07, 6.45) is 0. The molecule has 0 aliphatic rings. The van der Waals surface area contributed by atoms with Gasteiger partial charge in [-0.3, -0.25) is 4.79 Å². The minimum atomic E-state index is -3.64. The maximum absolute atomic E-state index is 12.4. The number of carbonyl (C=O) groups excluding carboxylic acids is 2. The van der Waals surface area contributed by atoms with Gasteiger partial charge in [0, 0.05) is 20.6 Å². The number of nitrogens with one attached hydrogen (secondary N) is 1. The second-order valence-electron chi connectivity index (χ2n) is 5.95. The highest BCUT2D eigenvalue weighted by Crippen LogP contribution is 2.19. The molecule has 1 N–H and O–H groups in total. The first-order chi connectivity index (χ1) is 13.3. The molecule has 1 amide bonds. The van der Waals surface area contributed by atoms with Crippen LogP contribution in [0, 0.1) is 0 Å². The lowest BCUT2D eigenvalue weighted by atomic mass is 10.2. The molecule has 0 aliphatic carbocycles. The van der Waals surface area contributed by atoms with Crippen LogP contribution < -0.4 is 10.1 Å². The molecule has 28 heavy (non-hydrogen) atoms. The van der Waals surface area contributed by atoms with E-state index in [-0.39, 0.29) is 17.0 Å². The lowest BCUT2D eigenvalue weighted by Gasteiger charge is -2.15. The van der Waals surface area contributed by atoms with Crippen molar-refractivity contribution >= 4 is 21.9 Å². The predicted molar refractivity (Wildman–Crippen MR) is 102 cm³/mol. The van der Waals surface area contributed by atoms with Gasteiger partial charge in [0.05, 0.1) is 12.0 Å². The first-order valence-electron chi connectivity index (χ1n) is 8.34. The zero-order chi connectivity index (χ0) is 20.7. The van der Waals surface area contributed by atoms with E-state index in [4.69, 9.17) is 9.47 Å². The van der Waals surface area contributed by atoms with Crippen molar-refractivity contribution in [2.24, 2.45) is 0 Å². The second kappa shape index (κ2) is 9.34. The summed E-state index contributed by atoms with van der Waals surface area (Å²) in [6, 6.07) is 12.9. The molecule has 2 aromatic rings. The number of methoxy groups -OCH3 is 1. The monoisotopic (exact) mass is 406 g/mol. The van der Waals surface area contributed by atoms with E-state index in [1.807, 2.05) is 0 Å². The molecule has 0 radical (unpaired) electrons. The Labute approximate surface area is 164 Å². The van der Waals surface area contributed by atoms with Crippen molar-refractivity contribution in [1.29, 1.82) is 0 Å². The number of amides is 1. The fraction of sp³-hybridized carbons (Fsp3) is 0.263. The lowest BCUT2D eigenvalue weighted by molar-refractivity contribution is -0.124. The molecule has 0 atom stereocenters. The molecule has 0 unspecified atom stereocenters. The van der Waals surface area contributed by atoms with Gasteiger partial charge in [0.2, 0.25) is 10.0 Å². The number of nitrogens with zero attached hydrogens (tertiary/aromatic N) is 1. The summed E-state index contributed by atoms with van der Waals surface area (Å²) < 4.78 is 35.9. The number of carbonyl (C=O) groups is 2. The lowest BCUT2D eigenvalue weighted by Crippen LogP contribution is -2.30. The van der Waals surface area contributed by atoms with Gasteiger partial charge in [-0.1, -0.05) is 30.3 Å². The van der Waals surface area contributed by atoms with Crippen LogP contribution in [-0.4, -0.2) is 52.4 Å². The molecule has 0 saturated heterocycles. The Morgan fingerprint density at radius 1 is 1.04 bits per heavy atom. The van der Waals surface area contributed by atoms with Crippen molar-refractivity contribution in [3.05, 3.63) is 59.7 Å². The summed E-state index contributed by atoms with van der Waals surface area (Å²) in [5.41, 5.74) is 0.640. The highest BCUT2D eigenvalue weighted by atomic mass is 32.2. The third-order valence-corrected chi connectivity index (χ3v) is 5.78. The normalized spacial score (nSPS) is 11.1. The molecule has 0 aromatic heterocycles. The van der Waals surface area contributed by atoms with Crippen LogP contribution in [0.2, 0.25) is 0 Å². The molecule has 9 heteroatoms. The van der Waals surface area contributed by atoms with Crippen molar-refractivity contribution in [3.63, 3.8) is 0 Å². The molecule has 2 rings (SSSR count). The van der Waals surface area contributed by atoms with E-state index in [1.165, 1.54) is 33.3 Å². The Hall–Kier alpha value is -2.91. The van der Waals surface area contributed by atoms with E-state index in [9.17, 15) is 18.0 Å². The van der Waals surface area contributed by atoms with Crippen LogP contribution in [-0.2, 0) is 26.1 Å². The van der Waals surface area contributed by atoms with Crippen molar-refractivity contribution in [2.75, 3.05) is 27.8 Å². The summed E-state index contributed by atoms with van der Waals surface area (Å²) in [4.78, 5) is 24.2. The van der Waals surface area contributed by atoms with Crippen LogP contribution in [0.3, 0.4) is 0 Å². The maximum Gasteiger partial charge on any atom is 0.342 e. The van der Waals surface area contributed by atoms with E-state index in [1.54, 1.807) is 36.4 Å². The van der Waals surface area contributed by atoms with E-state index in [0.29, 0.717) is 11.3 Å². The summed E-state index contributed by atoms with van der Waals surface area (Å²) in [7, 11) is 0.652. The fourth-order valence-corrected chi connectivity index (χ4v) is 3.48. The number of benzene rings is 2. The number of ether oxygens (including phenoxy) is 2. The Bertz CT molecular complexity index is 956. The number of sulfonamides is 1. The molecule has 0 bridgehead atoms. The first-order valence-corrected chi connectivity index (χ1v) is 9.78. The van der Waals surface area contributed by atoms with Crippen LogP contribution in [0.1, 0.15) is 15.9 Å². The number of para-hydroxylation sites is 1. The highest BCUT2D eigenvalue weighted by Gasteiger charge is 2.21. The quantitative estimate of drug-likeness (QED) is 0.665. The van der Waals surface area contributed by atoms with Gasteiger partial charge in [-0.2, -0.15) is 0 Å². The fourth-order valence-electron chi connectivity index (χ4n) is 2.37. The van der Waals surface area contributed by atoms with E-state index in [2.05, 4.69) is 5.32 Å². The highest BCUT2D eigenvalue weighted by molar-refractivity contribution is 7.89. The zero-order valence-corrected chi connectivity index (χ0v) is 16.7. The van der Waals surface area contributed by atoms with Gasteiger partial charge in [0.15, 0.2) is 6.61 Å². The average molecular weight is 406 g/mol. The van der Waals surface area contributed by atoms with Gasteiger partial charge in [-0.05, 0) is 23.8 Å². The minimum absolute atomic E-state index is 0.0196. The molecule has 150 valence electrons. The summed E-state index contributed by atoms with van der Waals surface area (Å²) in [5.74, 6) is -0.904. The third-order valence-electron chi connectivity index (χ3n) is 3.87. The van der Waals surface area contributed by atoms with Crippen LogP contribution in [0.5, 0.6) is 5.75 Å². The molecule has 2 aromatic carbocycles. The Morgan fingerprint density at radius 3 is 2.36 bits per heavy atom. The first kappa shape index (κ1) is 21.4. The van der Waals surface area contributed by atoms with Gasteiger partial charge in [0.25, 0.3) is 5.91 Å². The standard InChI is InChI=1S/C19H22N2O6S/c1-21(2)28(24,25)17-11-7-4-8-14(17)12-20-18(22)13-27-19(23)15-9-5-6-10-16(15)26-3/h4-11H,12-13H2,1-3H3,(H,20,22). The Kier molecular flexibility index (Phi) is 7.13. The Morgan fingerprint density at radius 2 is 1.68 bits per heavy atom. The van der Waals surface area contributed by atoms with Crippen LogP contribution in [0.15, 0.2) is 53.4 Å². The summed E-state index contributed by atoms with van der Waals surface area (Å²) in [5, 5.41) is 2.56. The summed E-state index contributed by atoms with van der Waals surface area (Å²) in [6.45, 7) is -0.520. The number of esters is 1. The largest absolute Gasteiger partial charge is 0.496 e. The SMILES string of the molecule is COc1ccccc1C(=O)OCC(=O)NCc1ccccc1S(=O)(=O)N(C)C. The minimum Gasteiger partial charge on any atom is -0.496 e. The molecule has 0 saturated carbocycles. The number of hydrogen-bond donors (Lipinski definition) is 1. The zero-order valence-electron chi connectivity index (χ0n) is 15.8. The number of rotatable bonds is 8. The molecule has 0 aliphatic heterocycles. The van der Waals surface area contributed by atoms with E-state index in [0.717, 1.165) is 4.31 Å². The second-order valence-corrected chi connectivity index (χ2v) is 8.07. The smallest absolute Gasteiger partial charge is 0.342 e. The Balaban J connectivity index is 1.98. The topological polar surface area (TPSA) is 102 Å². The maximum atomic E-state index is 12.4. The van der Waals surface area contributed by atoms with Gasteiger partial charge in [0.1, 0.15) is 11.3 Å². The van der Waals surface area contributed by atoms with Crippen molar-refractivity contribution < 1.29 is 27.5 Å². The predicted octanol–water partition coefficient (Wildman–Crippen LogP) is 1.42. The van der Waals surface area contributed by atoms with Crippen molar-refractivity contribution in [1.82, 2.24) is 9.62 Å². The third kappa shape index (κ3) is 5.08. The van der Waals surface area contributed by atoms with Gasteiger partial charge >= 0.3 is 5.97 Å². The molecular weight excluding hydrogens is 384 g/mol. The molecule has 0 fully saturated rings.